The number of nitrogens with zero attached hydrogens (tertiary/aromatic N) is 1. The summed E-state index contributed by atoms with van der Waals surface area (Å²) in [5.41, 5.74) is 3.33. The van der Waals surface area contributed by atoms with Crippen molar-refractivity contribution < 1.29 is 4.74 Å². The molecular formula is C16H21N3O. The molecule has 0 amide bonds. The van der Waals surface area contributed by atoms with Crippen molar-refractivity contribution in [2.45, 2.75) is 19.8 Å². The Balaban J connectivity index is 1.83. The third kappa shape index (κ3) is 2.70. The summed E-state index contributed by atoms with van der Waals surface area (Å²) in [7, 11) is 1.70. The lowest BCUT2D eigenvalue weighted by Gasteiger charge is -2.08. The zero-order valence-electron chi connectivity index (χ0n) is 12.1. The van der Waals surface area contributed by atoms with Gasteiger partial charge in [-0.2, -0.15) is 0 Å². The van der Waals surface area contributed by atoms with Crippen molar-refractivity contribution in [3.8, 4) is 17.0 Å². The van der Waals surface area contributed by atoms with Crippen molar-refractivity contribution in [2.75, 3.05) is 20.2 Å². The van der Waals surface area contributed by atoms with Crippen LogP contribution in [0.5, 0.6) is 5.75 Å². The molecule has 20 heavy (non-hydrogen) atoms. The lowest BCUT2D eigenvalue weighted by molar-refractivity contribution is 0.416. The first-order chi connectivity index (χ1) is 9.76. The lowest BCUT2D eigenvalue weighted by Crippen LogP contribution is -2.11. The van der Waals surface area contributed by atoms with Crippen LogP contribution in [0.4, 0.5) is 0 Å². The van der Waals surface area contributed by atoms with Crippen molar-refractivity contribution in [1.82, 2.24) is 15.3 Å². The summed E-state index contributed by atoms with van der Waals surface area (Å²) in [6, 6.07) is 6.20. The van der Waals surface area contributed by atoms with Gasteiger partial charge >= 0.3 is 0 Å². The van der Waals surface area contributed by atoms with E-state index in [2.05, 4.69) is 34.3 Å². The number of ether oxygens (including phenoxy) is 1. The Morgan fingerprint density at radius 1 is 1.40 bits per heavy atom. The molecule has 3 rings (SSSR count). The first kappa shape index (κ1) is 13.2. The number of methoxy groups -OCH3 is 1. The first-order valence-corrected chi connectivity index (χ1v) is 7.16. The zero-order chi connectivity index (χ0) is 13.9. The standard InChI is InChI=1S/C16H21N3O/c1-11-3-4-15(20-2)13(7-11)14-10-18-16(19-14)8-12-5-6-17-9-12/h3-4,7,10,12,17H,5-6,8-9H2,1-2H3,(H,18,19). The SMILES string of the molecule is COc1ccc(C)cc1-c1cnc(CC2CCNC2)[nH]1. The van der Waals surface area contributed by atoms with Gasteiger partial charge in [0.1, 0.15) is 11.6 Å². The van der Waals surface area contributed by atoms with Crippen molar-refractivity contribution >= 4 is 0 Å². The van der Waals surface area contributed by atoms with Crippen LogP contribution < -0.4 is 10.1 Å². The molecule has 2 aromatic rings. The number of aryl methyl sites for hydroxylation is 1. The molecule has 0 aliphatic carbocycles. The molecule has 1 aliphatic heterocycles. The molecule has 4 nitrogen and oxygen atoms in total. The van der Waals surface area contributed by atoms with Gasteiger partial charge in [-0.05, 0) is 44.5 Å². The van der Waals surface area contributed by atoms with Gasteiger partial charge in [0.15, 0.2) is 0 Å². The van der Waals surface area contributed by atoms with Crippen LogP contribution in [0.2, 0.25) is 0 Å². The maximum Gasteiger partial charge on any atom is 0.128 e. The molecule has 1 fully saturated rings. The highest BCUT2D eigenvalue weighted by Gasteiger charge is 2.17. The van der Waals surface area contributed by atoms with E-state index in [1.165, 1.54) is 12.0 Å². The van der Waals surface area contributed by atoms with E-state index in [4.69, 9.17) is 4.74 Å². The van der Waals surface area contributed by atoms with E-state index < -0.39 is 0 Å². The second-order valence-electron chi connectivity index (χ2n) is 5.51. The molecule has 2 heterocycles. The number of benzene rings is 1. The molecule has 1 unspecified atom stereocenters. The monoisotopic (exact) mass is 271 g/mol. The van der Waals surface area contributed by atoms with Crippen LogP contribution in [-0.4, -0.2) is 30.2 Å². The first-order valence-electron chi connectivity index (χ1n) is 7.16. The molecule has 1 atom stereocenters. The second-order valence-corrected chi connectivity index (χ2v) is 5.51. The average molecular weight is 271 g/mol. The van der Waals surface area contributed by atoms with Gasteiger partial charge in [0.2, 0.25) is 0 Å². The third-order valence-electron chi connectivity index (χ3n) is 3.92. The highest BCUT2D eigenvalue weighted by molar-refractivity contribution is 5.67. The van der Waals surface area contributed by atoms with E-state index in [0.717, 1.165) is 42.3 Å². The van der Waals surface area contributed by atoms with Crippen LogP contribution in [-0.2, 0) is 6.42 Å². The quantitative estimate of drug-likeness (QED) is 0.898. The molecule has 4 heteroatoms. The van der Waals surface area contributed by atoms with Gasteiger partial charge in [-0.25, -0.2) is 4.98 Å². The van der Waals surface area contributed by atoms with Gasteiger partial charge in [-0.15, -0.1) is 0 Å². The summed E-state index contributed by atoms with van der Waals surface area (Å²) < 4.78 is 5.44. The fourth-order valence-corrected chi connectivity index (χ4v) is 2.80. The molecule has 1 aromatic carbocycles. The highest BCUT2D eigenvalue weighted by Crippen LogP contribution is 2.29. The number of H-pyrrole nitrogens is 1. The molecule has 0 bridgehead atoms. The number of aromatic amines is 1. The van der Waals surface area contributed by atoms with E-state index >= 15 is 0 Å². The summed E-state index contributed by atoms with van der Waals surface area (Å²) in [6.45, 7) is 4.32. The Morgan fingerprint density at radius 2 is 2.30 bits per heavy atom. The van der Waals surface area contributed by atoms with Gasteiger partial charge in [0.05, 0.1) is 19.0 Å². The Morgan fingerprint density at radius 3 is 3.05 bits per heavy atom. The number of aromatic nitrogens is 2. The molecule has 0 saturated carbocycles. The molecule has 106 valence electrons. The van der Waals surface area contributed by atoms with E-state index in [1.807, 2.05) is 12.3 Å². The molecule has 1 aromatic heterocycles. The third-order valence-corrected chi connectivity index (χ3v) is 3.92. The molecular weight excluding hydrogens is 250 g/mol. The zero-order valence-corrected chi connectivity index (χ0v) is 12.1. The predicted molar refractivity (Wildman–Crippen MR) is 80.0 cm³/mol. The maximum atomic E-state index is 5.44. The lowest BCUT2D eigenvalue weighted by atomic mass is 10.1. The van der Waals surface area contributed by atoms with Crippen LogP contribution in [0, 0.1) is 12.8 Å². The fraction of sp³-hybridized carbons (Fsp3) is 0.438. The minimum absolute atomic E-state index is 0.702. The summed E-state index contributed by atoms with van der Waals surface area (Å²) in [5, 5.41) is 3.40. The van der Waals surface area contributed by atoms with Crippen LogP contribution in [0.25, 0.3) is 11.3 Å². The van der Waals surface area contributed by atoms with Crippen molar-refractivity contribution in [2.24, 2.45) is 5.92 Å². The average Bonchev–Trinajstić information content (AvgIpc) is 3.11. The van der Waals surface area contributed by atoms with Crippen molar-refractivity contribution in [1.29, 1.82) is 0 Å². The Bertz CT molecular complexity index is 585. The van der Waals surface area contributed by atoms with Gasteiger partial charge in [0.25, 0.3) is 0 Å². The second kappa shape index (κ2) is 5.67. The number of nitrogens with one attached hydrogen (secondary N) is 2. The van der Waals surface area contributed by atoms with Crippen LogP contribution >= 0.6 is 0 Å². The van der Waals surface area contributed by atoms with Gasteiger partial charge in [-0.3, -0.25) is 0 Å². The molecule has 0 spiro atoms. The predicted octanol–water partition coefficient (Wildman–Crippen LogP) is 2.55. The molecule has 1 aliphatic rings. The van der Waals surface area contributed by atoms with Gasteiger partial charge < -0.3 is 15.0 Å². The van der Waals surface area contributed by atoms with Crippen LogP contribution in [0.3, 0.4) is 0 Å². The number of rotatable bonds is 4. The van der Waals surface area contributed by atoms with Crippen molar-refractivity contribution in [3.63, 3.8) is 0 Å². The summed E-state index contributed by atoms with van der Waals surface area (Å²) in [4.78, 5) is 7.96. The normalized spacial score (nSPS) is 18.4. The minimum atomic E-state index is 0.702. The van der Waals surface area contributed by atoms with E-state index in [9.17, 15) is 0 Å². The topological polar surface area (TPSA) is 49.9 Å². The summed E-state index contributed by atoms with van der Waals surface area (Å²) >= 11 is 0. The Hall–Kier alpha value is -1.81. The fourth-order valence-electron chi connectivity index (χ4n) is 2.80. The number of hydrogen-bond donors (Lipinski definition) is 2. The maximum absolute atomic E-state index is 5.44. The summed E-state index contributed by atoms with van der Waals surface area (Å²) in [6.07, 6.45) is 4.17. The van der Waals surface area contributed by atoms with Gasteiger partial charge in [-0.1, -0.05) is 11.6 Å². The number of hydrogen-bond acceptors (Lipinski definition) is 3. The summed E-state index contributed by atoms with van der Waals surface area (Å²) in [5.74, 6) is 2.65. The van der Waals surface area contributed by atoms with Crippen LogP contribution in [0.1, 0.15) is 17.8 Å². The van der Waals surface area contributed by atoms with E-state index in [0.29, 0.717) is 5.92 Å². The molecule has 0 radical (unpaired) electrons. The number of imidazole rings is 1. The van der Waals surface area contributed by atoms with Crippen LogP contribution in [0.15, 0.2) is 24.4 Å². The largest absolute Gasteiger partial charge is 0.496 e. The van der Waals surface area contributed by atoms with E-state index in [1.54, 1.807) is 7.11 Å². The molecule has 2 N–H and O–H groups in total. The van der Waals surface area contributed by atoms with Crippen molar-refractivity contribution in [3.05, 3.63) is 35.8 Å². The van der Waals surface area contributed by atoms with E-state index in [-0.39, 0.29) is 0 Å². The Labute approximate surface area is 119 Å². The van der Waals surface area contributed by atoms with Gasteiger partial charge in [0, 0.05) is 12.0 Å². The smallest absolute Gasteiger partial charge is 0.128 e. The molecule has 1 saturated heterocycles. The Kier molecular flexibility index (Phi) is 3.74. The minimum Gasteiger partial charge on any atom is -0.496 e. The highest BCUT2D eigenvalue weighted by atomic mass is 16.5.